The third-order valence-corrected chi connectivity index (χ3v) is 4.82. The van der Waals surface area contributed by atoms with Crippen molar-refractivity contribution in [1.82, 2.24) is 25.0 Å². The first-order valence-corrected chi connectivity index (χ1v) is 9.55. The van der Waals surface area contributed by atoms with E-state index in [9.17, 15) is 4.79 Å². The quantitative estimate of drug-likeness (QED) is 0.549. The van der Waals surface area contributed by atoms with E-state index in [-0.39, 0.29) is 5.91 Å². The fraction of sp³-hybridized carbons (Fsp3) is 0.500. The van der Waals surface area contributed by atoms with Crippen molar-refractivity contribution < 1.29 is 4.79 Å². The average Bonchev–Trinajstić information content (AvgIpc) is 2.99. The number of hydrogen-bond donors (Lipinski definition) is 1. The molecule has 0 radical (unpaired) electrons. The minimum atomic E-state index is 0.0341. The molecule has 0 aliphatic heterocycles. The Hall–Kier alpha value is -1.86. The molecular formula is C18H27N5OS. The average molecular weight is 362 g/mol. The molecule has 0 unspecified atom stereocenters. The molecule has 6 nitrogen and oxygen atoms in total. The van der Waals surface area contributed by atoms with Crippen molar-refractivity contribution in [2.75, 3.05) is 32.9 Å². The van der Waals surface area contributed by atoms with Gasteiger partial charge in [-0.05, 0) is 46.5 Å². The Labute approximate surface area is 154 Å². The summed E-state index contributed by atoms with van der Waals surface area (Å²) < 4.78 is 2.06. The highest BCUT2D eigenvalue weighted by atomic mass is 32.2. The van der Waals surface area contributed by atoms with Gasteiger partial charge < -0.3 is 14.8 Å². The molecule has 136 valence electrons. The molecule has 25 heavy (non-hydrogen) atoms. The topological polar surface area (TPSA) is 63.1 Å². The monoisotopic (exact) mass is 361 g/mol. The van der Waals surface area contributed by atoms with Gasteiger partial charge in [-0.3, -0.25) is 4.79 Å². The summed E-state index contributed by atoms with van der Waals surface area (Å²) >= 11 is 1.43. The van der Waals surface area contributed by atoms with Crippen LogP contribution in [0.1, 0.15) is 18.9 Å². The Morgan fingerprint density at radius 3 is 2.72 bits per heavy atom. The van der Waals surface area contributed by atoms with E-state index >= 15 is 0 Å². The van der Waals surface area contributed by atoms with Gasteiger partial charge in [0, 0.05) is 18.7 Å². The van der Waals surface area contributed by atoms with Crippen molar-refractivity contribution in [2.24, 2.45) is 0 Å². The normalized spacial score (nSPS) is 11.1. The molecule has 2 aromatic rings. The first-order valence-electron chi connectivity index (χ1n) is 8.56. The SMILES string of the molecule is CCn1c(SCC(=O)NCCCN(C)C)nnc1-c1ccccc1C. The first kappa shape index (κ1) is 19.5. The number of amides is 1. The third kappa shape index (κ3) is 5.57. The molecule has 2 rings (SSSR count). The van der Waals surface area contributed by atoms with Crippen LogP contribution < -0.4 is 5.32 Å². The number of aromatic nitrogens is 3. The standard InChI is InChI=1S/C18H27N5OS/c1-5-23-17(15-10-7-6-9-14(15)2)20-21-18(23)25-13-16(24)19-11-8-12-22(3)4/h6-7,9-10H,5,8,11-13H2,1-4H3,(H,19,24). The number of carbonyl (C=O) groups is 1. The summed E-state index contributed by atoms with van der Waals surface area (Å²) in [6.07, 6.45) is 0.950. The fourth-order valence-electron chi connectivity index (χ4n) is 2.51. The second kappa shape index (κ2) is 9.58. The van der Waals surface area contributed by atoms with E-state index in [1.807, 2.05) is 26.2 Å². The van der Waals surface area contributed by atoms with Gasteiger partial charge in [0.15, 0.2) is 11.0 Å². The number of benzene rings is 1. The number of nitrogens with one attached hydrogen (secondary N) is 1. The van der Waals surface area contributed by atoms with Crippen LogP contribution in [0.15, 0.2) is 29.4 Å². The van der Waals surface area contributed by atoms with Gasteiger partial charge in [0.05, 0.1) is 5.75 Å². The molecule has 1 N–H and O–H groups in total. The van der Waals surface area contributed by atoms with Gasteiger partial charge in [0.1, 0.15) is 0 Å². The maximum Gasteiger partial charge on any atom is 0.230 e. The van der Waals surface area contributed by atoms with E-state index in [0.29, 0.717) is 12.3 Å². The van der Waals surface area contributed by atoms with Crippen molar-refractivity contribution >= 4 is 17.7 Å². The predicted molar refractivity (Wildman–Crippen MR) is 103 cm³/mol. The van der Waals surface area contributed by atoms with Crippen molar-refractivity contribution in [3.63, 3.8) is 0 Å². The number of nitrogens with zero attached hydrogens (tertiary/aromatic N) is 4. The number of rotatable bonds is 9. The van der Waals surface area contributed by atoms with Crippen molar-refractivity contribution in [3.05, 3.63) is 29.8 Å². The summed E-state index contributed by atoms with van der Waals surface area (Å²) in [4.78, 5) is 14.1. The van der Waals surface area contributed by atoms with Crippen LogP contribution in [0.3, 0.4) is 0 Å². The third-order valence-electron chi connectivity index (χ3n) is 3.86. The number of carbonyl (C=O) groups excluding carboxylic acids is 1. The molecule has 0 aliphatic rings. The van der Waals surface area contributed by atoms with Crippen LogP contribution in [0.4, 0.5) is 0 Å². The Kier molecular flexibility index (Phi) is 7.46. The first-order chi connectivity index (χ1) is 12.0. The van der Waals surface area contributed by atoms with E-state index in [1.165, 1.54) is 17.3 Å². The Morgan fingerprint density at radius 2 is 2.04 bits per heavy atom. The van der Waals surface area contributed by atoms with Crippen LogP contribution in [0.5, 0.6) is 0 Å². The van der Waals surface area contributed by atoms with Crippen molar-refractivity contribution in [3.8, 4) is 11.4 Å². The molecule has 1 amide bonds. The van der Waals surface area contributed by atoms with E-state index in [4.69, 9.17) is 0 Å². The molecule has 1 aromatic carbocycles. The highest BCUT2D eigenvalue weighted by Gasteiger charge is 2.15. The molecular weight excluding hydrogens is 334 g/mol. The van der Waals surface area contributed by atoms with E-state index in [0.717, 1.165) is 36.1 Å². The molecule has 1 heterocycles. The minimum absolute atomic E-state index is 0.0341. The van der Waals surface area contributed by atoms with E-state index < -0.39 is 0 Å². The summed E-state index contributed by atoms with van der Waals surface area (Å²) in [6, 6.07) is 8.14. The van der Waals surface area contributed by atoms with E-state index in [1.54, 1.807) is 0 Å². The lowest BCUT2D eigenvalue weighted by Crippen LogP contribution is -2.28. The van der Waals surface area contributed by atoms with Crippen LogP contribution in [0.2, 0.25) is 0 Å². The van der Waals surface area contributed by atoms with Crippen LogP contribution in [0, 0.1) is 6.92 Å². The molecule has 0 aliphatic carbocycles. The zero-order chi connectivity index (χ0) is 18.2. The van der Waals surface area contributed by atoms with Crippen LogP contribution in [-0.2, 0) is 11.3 Å². The Bertz CT molecular complexity index is 699. The summed E-state index contributed by atoms with van der Waals surface area (Å²) in [5.41, 5.74) is 2.25. The van der Waals surface area contributed by atoms with Gasteiger partial charge in [-0.1, -0.05) is 36.0 Å². The largest absolute Gasteiger partial charge is 0.355 e. The molecule has 1 aromatic heterocycles. The van der Waals surface area contributed by atoms with Gasteiger partial charge in [-0.15, -0.1) is 10.2 Å². The lowest BCUT2D eigenvalue weighted by atomic mass is 10.1. The van der Waals surface area contributed by atoms with E-state index in [2.05, 4.69) is 51.0 Å². The zero-order valence-electron chi connectivity index (χ0n) is 15.5. The zero-order valence-corrected chi connectivity index (χ0v) is 16.3. The van der Waals surface area contributed by atoms with Gasteiger partial charge in [-0.2, -0.15) is 0 Å². The number of hydrogen-bond acceptors (Lipinski definition) is 5. The van der Waals surface area contributed by atoms with Crippen LogP contribution >= 0.6 is 11.8 Å². The van der Waals surface area contributed by atoms with Gasteiger partial charge in [0.25, 0.3) is 0 Å². The summed E-state index contributed by atoms with van der Waals surface area (Å²) in [5.74, 6) is 1.25. The summed E-state index contributed by atoms with van der Waals surface area (Å²) in [7, 11) is 4.06. The minimum Gasteiger partial charge on any atom is -0.355 e. The van der Waals surface area contributed by atoms with Crippen molar-refractivity contribution in [2.45, 2.75) is 32.0 Å². The lowest BCUT2D eigenvalue weighted by molar-refractivity contribution is -0.118. The Balaban J connectivity index is 1.95. The van der Waals surface area contributed by atoms with Crippen LogP contribution in [0.25, 0.3) is 11.4 Å². The van der Waals surface area contributed by atoms with Gasteiger partial charge in [-0.25, -0.2) is 0 Å². The molecule has 0 bridgehead atoms. The second-order valence-corrected chi connectivity index (χ2v) is 7.10. The highest BCUT2D eigenvalue weighted by molar-refractivity contribution is 7.99. The molecule has 0 saturated carbocycles. The summed E-state index contributed by atoms with van der Waals surface area (Å²) in [6.45, 7) is 6.57. The van der Waals surface area contributed by atoms with Gasteiger partial charge >= 0.3 is 0 Å². The lowest BCUT2D eigenvalue weighted by Gasteiger charge is -2.10. The molecule has 0 atom stereocenters. The molecule has 7 heteroatoms. The fourth-order valence-corrected chi connectivity index (χ4v) is 3.34. The predicted octanol–water partition coefficient (Wildman–Crippen LogP) is 2.43. The number of thioether (sulfide) groups is 1. The maximum absolute atomic E-state index is 12.0. The highest BCUT2D eigenvalue weighted by Crippen LogP contribution is 2.25. The summed E-state index contributed by atoms with van der Waals surface area (Å²) in [5, 5.41) is 12.4. The molecule has 0 spiro atoms. The van der Waals surface area contributed by atoms with Crippen LogP contribution in [-0.4, -0.2) is 58.5 Å². The van der Waals surface area contributed by atoms with Crippen molar-refractivity contribution in [1.29, 1.82) is 0 Å². The second-order valence-electron chi connectivity index (χ2n) is 6.16. The smallest absolute Gasteiger partial charge is 0.230 e. The maximum atomic E-state index is 12.0. The molecule has 0 saturated heterocycles. The molecule has 0 fully saturated rings. The Morgan fingerprint density at radius 1 is 1.28 bits per heavy atom. The number of aryl methyl sites for hydroxylation is 1. The van der Waals surface area contributed by atoms with Gasteiger partial charge in [0.2, 0.25) is 5.91 Å².